The van der Waals surface area contributed by atoms with Gasteiger partial charge in [0, 0.05) is 18.0 Å². The fraction of sp³-hybridized carbons (Fsp3) is 0.500. The van der Waals surface area contributed by atoms with Gasteiger partial charge in [-0.3, -0.25) is 4.79 Å². The lowest BCUT2D eigenvalue weighted by molar-refractivity contribution is 0.0730. The van der Waals surface area contributed by atoms with Crippen LogP contribution in [0.1, 0.15) is 43.6 Å². The van der Waals surface area contributed by atoms with Crippen LogP contribution in [0, 0.1) is 5.92 Å². The SMILES string of the molecule is CC(C)CCN(C(=O)c1csc(-c2cccs2)n1)C1CC1. The van der Waals surface area contributed by atoms with Gasteiger partial charge in [0.25, 0.3) is 5.91 Å². The Morgan fingerprint density at radius 1 is 1.43 bits per heavy atom. The minimum atomic E-state index is 0.109. The molecule has 2 aromatic heterocycles. The summed E-state index contributed by atoms with van der Waals surface area (Å²) in [4.78, 5) is 20.4. The molecule has 1 saturated carbocycles. The van der Waals surface area contributed by atoms with Crippen molar-refractivity contribution in [3.8, 4) is 9.88 Å². The molecule has 0 aromatic carbocycles. The van der Waals surface area contributed by atoms with E-state index in [-0.39, 0.29) is 5.91 Å². The summed E-state index contributed by atoms with van der Waals surface area (Å²) in [6.45, 7) is 5.26. The Kier molecular flexibility index (Phi) is 4.40. The second-order valence-electron chi connectivity index (χ2n) is 5.93. The monoisotopic (exact) mass is 320 g/mol. The number of amides is 1. The summed E-state index contributed by atoms with van der Waals surface area (Å²) in [7, 11) is 0. The van der Waals surface area contributed by atoms with Crippen LogP contribution < -0.4 is 0 Å². The third kappa shape index (κ3) is 3.52. The highest BCUT2D eigenvalue weighted by molar-refractivity contribution is 7.20. The van der Waals surface area contributed by atoms with Gasteiger partial charge in [0.2, 0.25) is 0 Å². The molecule has 2 aromatic rings. The van der Waals surface area contributed by atoms with Crippen molar-refractivity contribution >= 4 is 28.6 Å². The summed E-state index contributed by atoms with van der Waals surface area (Å²) in [6, 6.07) is 4.51. The van der Waals surface area contributed by atoms with Gasteiger partial charge in [-0.1, -0.05) is 19.9 Å². The first-order chi connectivity index (χ1) is 10.1. The molecule has 0 unspecified atom stereocenters. The molecule has 21 heavy (non-hydrogen) atoms. The highest BCUT2D eigenvalue weighted by atomic mass is 32.1. The number of carbonyl (C=O) groups excluding carboxylic acids is 1. The average Bonchev–Trinajstić information content (AvgIpc) is 2.96. The molecule has 0 radical (unpaired) electrons. The van der Waals surface area contributed by atoms with Crippen LogP contribution in [0.4, 0.5) is 0 Å². The maximum atomic E-state index is 12.7. The van der Waals surface area contributed by atoms with Crippen LogP contribution in [0.25, 0.3) is 9.88 Å². The van der Waals surface area contributed by atoms with Gasteiger partial charge in [-0.2, -0.15) is 0 Å². The van der Waals surface area contributed by atoms with Crippen molar-refractivity contribution in [2.45, 2.75) is 39.2 Å². The zero-order valence-corrected chi connectivity index (χ0v) is 14.0. The van der Waals surface area contributed by atoms with Gasteiger partial charge in [0.1, 0.15) is 10.7 Å². The summed E-state index contributed by atoms with van der Waals surface area (Å²) in [5.74, 6) is 0.730. The Balaban J connectivity index is 1.73. The Morgan fingerprint density at radius 2 is 2.24 bits per heavy atom. The van der Waals surface area contributed by atoms with Gasteiger partial charge in [-0.15, -0.1) is 22.7 Å². The lowest BCUT2D eigenvalue weighted by Gasteiger charge is -2.22. The molecule has 0 spiro atoms. The normalized spacial score (nSPS) is 14.6. The van der Waals surface area contributed by atoms with Gasteiger partial charge in [0.05, 0.1) is 4.88 Å². The number of aromatic nitrogens is 1. The predicted molar refractivity (Wildman–Crippen MR) is 88.9 cm³/mol. The molecule has 2 heterocycles. The van der Waals surface area contributed by atoms with Gasteiger partial charge in [-0.05, 0) is 36.6 Å². The molecule has 0 bridgehead atoms. The molecule has 5 heteroatoms. The number of hydrogen-bond donors (Lipinski definition) is 0. The molecule has 1 amide bonds. The summed E-state index contributed by atoms with van der Waals surface area (Å²) < 4.78 is 0. The topological polar surface area (TPSA) is 33.2 Å². The minimum absolute atomic E-state index is 0.109. The Hall–Kier alpha value is -1.20. The average molecular weight is 320 g/mol. The number of rotatable bonds is 6. The van der Waals surface area contributed by atoms with Gasteiger partial charge in [-0.25, -0.2) is 4.98 Å². The van der Waals surface area contributed by atoms with Gasteiger partial charge in [0.15, 0.2) is 0 Å². The number of carbonyl (C=O) groups is 1. The smallest absolute Gasteiger partial charge is 0.273 e. The van der Waals surface area contributed by atoms with Crippen molar-refractivity contribution in [2.75, 3.05) is 6.54 Å². The summed E-state index contributed by atoms with van der Waals surface area (Å²) >= 11 is 3.23. The van der Waals surface area contributed by atoms with Crippen LogP contribution in [-0.2, 0) is 0 Å². The first-order valence-electron chi connectivity index (χ1n) is 7.45. The largest absolute Gasteiger partial charge is 0.334 e. The Labute approximate surface area is 133 Å². The van der Waals surface area contributed by atoms with E-state index >= 15 is 0 Å². The van der Waals surface area contributed by atoms with E-state index in [1.807, 2.05) is 21.7 Å². The number of hydrogen-bond acceptors (Lipinski definition) is 4. The van der Waals surface area contributed by atoms with Crippen molar-refractivity contribution in [2.24, 2.45) is 5.92 Å². The summed E-state index contributed by atoms with van der Waals surface area (Å²) in [6.07, 6.45) is 3.35. The van der Waals surface area contributed by atoms with E-state index < -0.39 is 0 Å². The van der Waals surface area contributed by atoms with Crippen LogP contribution in [0.2, 0.25) is 0 Å². The van der Waals surface area contributed by atoms with E-state index in [0.717, 1.165) is 35.7 Å². The molecule has 1 aliphatic carbocycles. The Bertz CT molecular complexity index is 600. The van der Waals surface area contributed by atoms with E-state index in [1.54, 1.807) is 22.7 Å². The molecule has 112 valence electrons. The first kappa shape index (κ1) is 14.7. The van der Waals surface area contributed by atoms with Crippen LogP contribution >= 0.6 is 22.7 Å². The molecule has 0 N–H and O–H groups in total. The van der Waals surface area contributed by atoms with E-state index in [0.29, 0.717) is 17.7 Å². The van der Waals surface area contributed by atoms with Crippen LogP contribution in [-0.4, -0.2) is 28.4 Å². The zero-order chi connectivity index (χ0) is 14.8. The fourth-order valence-electron chi connectivity index (χ4n) is 2.27. The fourth-order valence-corrected chi connectivity index (χ4v) is 3.87. The molecular weight excluding hydrogens is 300 g/mol. The van der Waals surface area contributed by atoms with Crippen LogP contribution in [0.15, 0.2) is 22.9 Å². The van der Waals surface area contributed by atoms with Crippen LogP contribution in [0.3, 0.4) is 0 Å². The highest BCUT2D eigenvalue weighted by Gasteiger charge is 2.33. The minimum Gasteiger partial charge on any atom is -0.334 e. The molecule has 3 rings (SSSR count). The molecule has 1 fully saturated rings. The van der Waals surface area contributed by atoms with Crippen molar-refractivity contribution in [1.29, 1.82) is 0 Å². The number of thiophene rings is 1. The second-order valence-corrected chi connectivity index (χ2v) is 7.73. The lowest BCUT2D eigenvalue weighted by atomic mass is 10.1. The molecule has 0 atom stereocenters. The maximum Gasteiger partial charge on any atom is 0.273 e. The highest BCUT2D eigenvalue weighted by Crippen LogP contribution is 2.31. The quantitative estimate of drug-likeness (QED) is 0.784. The van der Waals surface area contributed by atoms with Gasteiger partial charge < -0.3 is 4.90 Å². The summed E-state index contributed by atoms with van der Waals surface area (Å²) in [5, 5.41) is 4.90. The standard InChI is InChI=1S/C16H20N2OS2/c1-11(2)7-8-18(12-5-6-12)16(19)13-10-21-15(17-13)14-4-3-9-20-14/h3-4,9-12H,5-8H2,1-2H3. The van der Waals surface area contributed by atoms with Crippen molar-refractivity contribution < 1.29 is 4.79 Å². The number of nitrogens with zero attached hydrogens (tertiary/aromatic N) is 2. The van der Waals surface area contributed by atoms with Crippen molar-refractivity contribution in [1.82, 2.24) is 9.88 Å². The van der Waals surface area contributed by atoms with Crippen LogP contribution in [0.5, 0.6) is 0 Å². The van der Waals surface area contributed by atoms with E-state index in [1.165, 1.54) is 0 Å². The van der Waals surface area contributed by atoms with E-state index in [9.17, 15) is 4.79 Å². The third-order valence-electron chi connectivity index (χ3n) is 3.65. The maximum absolute atomic E-state index is 12.7. The molecule has 1 aliphatic rings. The number of thiazole rings is 1. The van der Waals surface area contributed by atoms with E-state index in [2.05, 4.69) is 24.9 Å². The zero-order valence-electron chi connectivity index (χ0n) is 12.4. The van der Waals surface area contributed by atoms with Gasteiger partial charge >= 0.3 is 0 Å². The molecule has 0 saturated heterocycles. The first-order valence-corrected chi connectivity index (χ1v) is 9.21. The van der Waals surface area contributed by atoms with Crippen molar-refractivity contribution in [3.05, 3.63) is 28.6 Å². The van der Waals surface area contributed by atoms with Crippen molar-refractivity contribution in [3.63, 3.8) is 0 Å². The lowest BCUT2D eigenvalue weighted by Crippen LogP contribution is -2.34. The molecule has 0 aliphatic heterocycles. The second kappa shape index (κ2) is 6.28. The molecular formula is C16H20N2OS2. The predicted octanol–water partition coefficient (Wildman–Crippen LogP) is 4.52. The van der Waals surface area contributed by atoms with E-state index in [4.69, 9.17) is 0 Å². The Morgan fingerprint density at radius 3 is 2.86 bits per heavy atom. The summed E-state index contributed by atoms with van der Waals surface area (Å²) in [5.41, 5.74) is 0.610. The third-order valence-corrected chi connectivity index (χ3v) is 5.53. The molecule has 3 nitrogen and oxygen atoms in total.